The Bertz CT molecular complexity index is 103. The van der Waals surface area contributed by atoms with Crippen molar-refractivity contribution in [2.75, 3.05) is 13.6 Å². The third-order valence-electron chi connectivity index (χ3n) is 1.59. The van der Waals surface area contributed by atoms with E-state index >= 15 is 0 Å². The van der Waals surface area contributed by atoms with Crippen LogP contribution in [0.2, 0.25) is 0 Å². The molecule has 0 aliphatic heterocycles. The Balaban J connectivity index is 3.85. The van der Waals surface area contributed by atoms with Crippen LogP contribution >= 0.6 is 0 Å². The van der Waals surface area contributed by atoms with Crippen LogP contribution in [-0.2, 0) is 0 Å². The molecule has 0 bridgehead atoms. The van der Waals surface area contributed by atoms with Crippen LogP contribution in [0.4, 0.5) is 0 Å². The molecule has 0 heterocycles. The molecule has 0 amide bonds. The summed E-state index contributed by atoms with van der Waals surface area (Å²) in [5, 5.41) is 3.17. The molecule has 0 aromatic heterocycles. The molecule has 0 aromatic rings. The Hall–Kier alpha value is -0.300. The predicted octanol–water partition coefficient (Wildman–Crippen LogP) is 2.20. The second-order valence-electron chi connectivity index (χ2n) is 2.87. The van der Waals surface area contributed by atoms with E-state index in [2.05, 4.69) is 32.2 Å². The zero-order chi connectivity index (χ0) is 7.98. The van der Waals surface area contributed by atoms with Crippen LogP contribution in [0, 0.1) is 5.92 Å². The highest BCUT2D eigenvalue weighted by atomic mass is 14.8. The highest BCUT2D eigenvalue weighted by molar-refractivity contribution is 5.06. The minimum Gasteiger partial charge on any atom is -0.316 e. The Morgan fingerprint density at radius 3 is 2.40 bits per heavy atom. The molecule has 0 aliphatic rings. The quantitative estimate of drug-likeness (QED) is 0.592. The van der Waals surface area contributed by atoms with E-state index in [1.54, 1.807) is 0 Å². The van der Waals surface area contributed by atoms with Crippen molar-refractivity contribution in [3.05, 3.63) is 11.6 Å². The van der Waals surface area contributed by atoms with Gasteiger partial charge in [0.15, 0.2) is 0 Å². The number of rotatable bonds is 4. The minimum absolute atomic E-state index is 0.687. The van der Waals surface area contributed by atoms with Gasteiger partial charge < -0.3 is 5.32 Å². The molecule has 0 aromatic carbocycles. The van der Waals surface area contributed by atoms with Crippen molar-refractivity contribution in [3.8, 4) is 0 Å². The van der Waals surface area contributed by atoms with Crippen molar-refractivity contribution in [2.24, 2.45) is 5.92 Å². The first kappa shape index (κ1) is 9.70. The van der Waals surface area contributed by atoms with Gasteiger partial charge in [0.05, 0.1) is 0 Å². The number of hydrogen-bond donors (Lipinski definition) is 1. The van der Waals surface area contributed by atoms with Gasteiger partial charge in [-0.2, -0.15) is 0 Å². The average molecular weight is 141 g/mol. The zero-order valence-electron chi connectivity index (χ0n) is 7.57. The van der Waals surface area contributed by atoms with E-state index in [0.29, 0.717) is 5.92 Å². The van der Waals surface area contributed by atoms with Gasteiger partial charge in [-0.25, -0.2) is 0 Å². The Kier molecular flexibility index (Phi) is 5.32. The summed E-state index contributed by atoms with van der Waals surface area (Å²) >= 11 is 0. The first-order valence-corrected chi connectivity index (χ1v) is 4.05. The van der Waals surface area contributed by atoms with Gasteiger partial charge in [0.25, 0.3) is 0 Å². The molecule has 1 heteroatoms. The predicted molar refractivity (Wildman–Crippen MR) is 47.1 cm³/mol. The van der Waals surface area contributed by atoms with Gasteiger partial charge in [-0.15, -0.1) is 0 Å². The summed E-state index contributed by atoms with van der Waals surface area (Å²) in [6.45, 7) is 7.68. The Morgan fingerprint density at radius 1 is 1.50 bits per heavy atom. The van der Waals surface area contributed by atoms with Gasteiger partial charge in [0.2, 0.25) is 0 Å². The summed E-state index contributed by atoms with van der Waals surface area (Å²) in [4.78, 5) is 0. The molecule has 1 N–H and O–H groups in total. The lowest BCUT2D eigenvalue weighted by Crippen LogP contribution is -2.13. The van der Waals surface area contributed by atoms with Crippen molar-refractivity contribution >= 4 is 0 Å². The van der Waals surface area contributed by atoms with Crippen LogP contribution < -0.4 is 5.32 Å². The molecule has 0 saturated heterocycles. The number of allylic oxidation sites excluding steroid dienone is 1. The summed E-state index contributed by atoms with van der Waals surface area (Å²) in [7, 11) is 1.99. The minimum atomic E-state index is 0.687. The fraction of sp³-hybridized carbons (Fsp3) is 0.778. The molecule has 0 rings (SSSR count). The molecule has 0 aliphatic carbocycles. The lowest BCUT2D eigenvalue weighted by molar-refractivity contribution is 0.701. The molecule has 1 nitrogen and oxygen atoms in total. The second kappa shape index (κ2) is 5.48. The maximum absolute atomic E-state index is 3.17. The number of hydrogen-bond acceptors (Lipinski definition) is 1. The van der Waals surface area contributed by atoms with Gasteiger partial charge in [-0.3, -0.25) is 0 Å². The summed E-state index contributed by atoms with van der Waals surface area (Å²) < 4.78 is 0. The maximum Gasteiger partial charge on any atom is 0.0164 e. The van der Waals surface area contributed by atoms with Crippen LogP contribution in [0.5, 0.6) is 0 Å². The van der Waals surface area contributed by atoms with Crippen molar-refractivity contribution in [2.45, 2.75) is 27.2 Å². The molecule has 0 fully saturated rings. The molecule has 0 radical (unpaired) electrons. The van der Waals surface area contributed by atoms with Crippen molar-refractivity contribution in [1.29, 1.82) is 0 Å². The fourth-order valence-corrected chi connectivity index (χ4v) is 0.978. The van der Waals surface area contributed by atoms with E-state index in [9.17, 15) is 0 Å². The van der Waals surface area contributed by atoms with Crippen LogP contribution in [0.3, 0.4) is 0 Å². The first-order valence-electron chi connectivity index (χ1n) is 4.05. The van der Waals surface area contributed by atoms with Crippen molar-refractivity contribution < 1.29 is 0 Å². The van der Waals surface area contributed by atoms with Gasteiger partial charge in [0, 0.05) is 6.54 Å². The molecule has 0 saturated carbocycles. The molecule has 10 heavy (non-hydrogen) atoms. The number of likely N-dealkylation sites (N-methyl/N-ethyl adjacent to an activating group) is 1. The van der Waals surface area contributed by atoms with E-state index in [-0.39, 0.29) is 0 Å². The summed E-state index contributed by atoms with van der Waals surface area (Å²) in [5.74, 6) is 0.687. The van der Waals surface area contributed by atoms with Crippen LogP contribution in [0.25, 0.3) is 0 Å². The second-order valence-corrected chi connectivity index (χ2v) is 2.87. The molecule has 60 valence electrons. The third kappa shape index (κ3) is 3.67. The first-order chi connectivity index (χ1) is 4.72. The van der Waals surface area contributed by atoms with E-state index in [0.717, 1.165) is 13.0 Å². The summed E-state index contributed by atoms with van der Waals surface area (Å²) in [5.41, 5.74) is 1.52. The summed E-state index contributed by atoms with van der Waals surface area (Å²) in [6.07, 6.45) is 3.45. The smallest absolute Gasteiger partial charge is 0.0164 e. The lowest BCUT2D eigenvalue weighted by Gasteiger charge is -2.09. The van der Waals surface area contributed by atoms with Gasteiger partial charge in [-0.1, -0.05) is 32.4 Å². The summed E-state index contributed by atoms with van der Waals surface area (Å²) in [6, 6.07) is 0. The molecular weight excluding hydrogens is 122 g/mol. The molecule has 0 unspecified atom stereocenters. The standard InChI is InChI=1S/C9H19N/c1-5-6-9(7-10-4)8(2)3/h6,8,10H,5,7H2,1-4H3/b9-6+. The third-order valence-corrected chi connectivity index (χ3v) is 1.59. The maximum atomic E-state index is 3.17. The van der Waals surface area contributed by atoms with Crippen LogP contribution in [0.1, 0.15) is 27.2 Å². The van der Waals surface area contributed by atoms with Gasteiger partial charge in [0.1, 0.15) is 0 Å². The monoisotopic (exact) mass is 141 g/mol. The van der Waals surface area contributed by atoms with Crippen LogP contribution in [0.15, 0.2) is 11.6 Å². The van der Waals surface area contributed by atoms with E-state index in [1.165, 1.54) is 5.57 Å². The normalized spacial score (nSPS) is 12.7. The molecular formula is C9H19N. The highest BCUT2D eigenvalue weighted by Crippen LogP contribution is 2.08. The SMILES string of the molecule is CC/C=C(\CNC)C(C)C. The topological polar surface area (TPSA) is 12.0 Å². The van der Waals surface area contributed by atoms with E-state index in [4.69, 9.17) is 0 Å². The number of nitrogens with one attached hydrogen (secondary N) is 1. The fourth-order valence-electron chi connectivity index (χ4n) is 0.978. The van der Waals surface area contributed by atoms with Crippen molar-refractivity contribution in [3.63, 3.8) is 0 Å². The Labute approximate surface area is 64.5 Å². The highest BCUT2D eigenvalue weighted by Gasteiger charge is 1.99. The lowest BCUT2D eigenvalue weighted by atomic mass is 10.0. The van der Waals surface area contributed by atoms with Gasteiger partial charge in [-0.05, 0) is 19.4 Å². The van der Waals surface area contributed by atoms with E-state index < -0.39 is 0 Å². The molecule has 0 spiro atoms. The average Bonchev–Trinajstić information content (AvgIpc) is 1.87. The zero-order valence-corrected chi connectivity index (χ0v) is 7.57. The van der Waals surface area contributed by atoms with Crippen molar-refractivity contribution in [1.82, 2.24) is 5.32 Å². The van der Waals surface area contributed by atoms with Gasteiger partial charge >= 0.3 is 0 Å². The van der Waals surface area contributed by atoms with Crippen LogP contribution in [-0.4, -0.2) is 13.6 Å². The largest absolute Gasteiger partial charge is 0.316 e. The van der Waals surface area contributed by atoms with E-state index in [1.807, 2.05) is 7.05 Å². The molecule has 0 atom stereocenters. The Morgan fingerprint density at radius 2 is 2.10 bits per heavy atom.